The first-order chi connectivity index (χ1) is 14.6. The number of rotatable bonds is 4. The summed E-state index contributed by atoms with van der Waals surface area (Å²) in [7, 11) is 0. The Balaban J connectivity index is 1.61. The molecule has 2 N–H and O–H groups in total. The molecule has 0 aromatic heterocycles. The normalized spacial score (nSPS) is 15.3. The lowest BCUT2D eigenvalue weighted by atomic mass is 10.0. The average molecular weight is 419 g/mol. The van der Waals surface area contributed by atoms with Gasteiger partial charge in [-0.1, -0.05) is 72.9 Å². The zero-order valence-corrected chi connectivity index (χ0v) is 16.7. The molecule has 1 unspecified atom stereocenters. The number of thiocarbonyl (C=S) groups is 1. The summed E-state index contributed by atoms with van der Waals surface area (Å²) in [5.41, 5.74) is 2.95. The van der Waals surface area contributed by atoms with Crippen molar-refractivity contribution in [2.75, 3.05) is 5.32 Å². The molecule has 0 saturated heterocycles. The Bertz CT molecular complexity index is 1120. The van der Waals surface area contributed by atoms with Crippen molar-refractivity contribution in [3.63, 3.8) is 0 Å². The zero-order chi connectivity index (χ0) is 20.9. The number of hydrogen-bond acceptors (Lipinski definition) is 4. The van der Waals surface area contributed by atoms with Gasteiger partial charge in [-0.05, 0) is 23.8 Å². The Morgan fingerprint density at radius 1 is 1.00 bits per heavy atom. The minimum atomic E-state index is -0.912. The molecule has 1 heterocycles. The monoisotopic (exact) mass is 419 g/mol. The van der Waals surface area contributed by atoms with Crippen LogP contribution in [0.15, 0.2) is 83.9 Å². The summed E-state index contributed by atoms with van der Waals surface area (Å²) in [5.74, 6) is -0.413. The number of amides is 1. The maximum atomic E-state index is 14.5. The molecule has 0 spiro atoms. The predicted molar refractivity (Wildman–Crippen MR) is 118 cm³/mol. The SMILES string of the molecule is O=C(NC1N=C(c2ccccc2F)c2ccccc2NC1=S)OCc1ccccc1. The summed E-state index contributed by atoms with van der Waals surface area (Å²) < 4.78 is 19.8. The highest BCUT2D eigenvalue weighted by Gasteiger charge is 2.26. The van der Waals surface area contributed by atoms with E-state index in [1.807, 2.05) is 54.6 Å². The fourth-order valence-corrected chi connectivity index (χ4v) is 3.32. The van der Waals surface area contributed by atoms with Crippen molar-refractivity contribution in [2.24, 2.45) is 4.99 Å². The predicted octanol–water partition coefficient (Wildman–Crippen LogP) is 4.67. The Kier molecular flexibility index (Phi) is 5.81. The zero-order valence-electron chi connectivity index (χ0n) is 15.8. The minimum Gasteiger partial charge on any atom is -0.445 e. The number of para-hydroxylation sites is 1. The molecule has 3 aromatic rings. The number of anilines is 1. The molecular weight excluding hydrogens is 401 g/mol. The molecule has 3 aromatic carbocycles. The molecule has 30 heavy (non-hydrogen) atoms. The van der Waals surface area contributed by atoms with Crippen LogP contribution in [-0.2, 0) is 11.3 Å². The van der Waals surface area contributed by atoms with Gasteiger partial charge in [0.15, 0.2) is 6.17 Å². The van der Waals surface area contributed by atoms with E-state index in [2.05, 4.69) is 15.6 Å². The summed E-state index contributed by atoms with van der Waals surface area (Å²) in [4.78, 5) is 17.2. The number of alkyl carbamates (subject to hydrolysis) is 1. The first-order valence-electron chi connectivity index (χ1n) is 9.32. The summed E-state index contributed by atoms with van der Waals surface area (Å²) in [5, 5.41) is 5.75. The van der Waals surface area contributed by atoms with E-state index in [9.17, 15) is 9.18 Å². The Labute approximate surface area is 178 Å². The van der Waals surface area contributed by atoms with E-state index in [0.29, 0.717) is 22.5 Å². The number of fused-ring (bicyclic) bond motifs is 1. The highest BCUT2D eigenvalue weighted by Crippen LogP contribution is 2.25. The summed E-state index contributed by atoms with van der Waals surface area (Å²) in [6.45, 7) is 0.115. The summed E-state index contributed by atoms with van der Waals surface area (Å²) in [6, 6.07) is 23.0. The summed E-state index contributed by atoms with van der Waals surface area (Å²) >= 11 is 5.44. The molecule has 0 aliphatic carbocycles. The molecule has 7 heteroatoms. The fraction of sp³-hybridized carbons (Fsp3) is 0.0870. The van der Waals surface area contributed by atoms with E-state index < -0.39 is 18.1 Å². The van der Waals surface area contributed by atoms with Crippen LogP contribution < -0.4 is 10.6 Å². The van der Waals surface area contributed by atoms with Gasteiger partial charge >= 0.3 is 6.09 Å². The second kappa shape index (κ2) is 8.84. The van der Waals surface area contributed by atoms with Gasteiger partial charge in [0.05, 0.1) is 5.71 Å². The first-order valence-corrected chi connectivity index (χ1v) is 9.73. The topological polar surface area (TPSA) is 62.7 Å². The molecule has 1 aliphatic rings. The lowest BCUT2D eigenvalue weighted by Gasteiger charge is -2.15. The number of hydrogen-bond donors (Lipinski definition) is 2. The van der Waals surface area contributed by atoms with E-state index in [0.717, 1.165) is 5.56 Å². The van der Waals surface area contributed by atoms with Crippen molar-refractivity contribution in [1.29, 1.82) is 0 Å². The minimum absolute atomic E-state index is 0.115. The van der Waals surface area contributed by atoms with Crippen LogP contribution in [-0.4, -0.2) is 23.0 Å². The van der Waals surface area contributed by atoms with Crippen LogP contribution in [0.3, 0.4) is 0 Å². The Morgan fingerprint density at radius 3 is 2.43 bits per heavy atom. The third-order valence-corrected chi connectivity index (χ3v) is 4.87. The molecule has 0 bridgehead atoms. The van der Waals surface area contributed by atoms with E-state index in [-0.39, 0.29) is 11.6 Å². The van der Waals surface area contributed by atoms with Crippen molar-refractivity contribution < 1.29 is 13.9 Å². The number of benzene rings is 3. The highest BCUT2D eigenvalue weighted by molar-refractivity contribution is 7.80. The third-order valence-electron chi connectivity index (χ3n) is 4.54. The lowest BCUT2D eigenvalue weighted by Crippen LogP contribution is -2.41. The molecule has 0 radical (unpaired) electrons. The smallest absolute Gasteiger partial charge is 0.409 e. The van der Waals surface area contributed by atoms with Crippen molar-refractivity contribution in [2.45, 2.75) is 12.8 Å². The van der Waals surface area contributed by atoms with Gasteiger partial charge in [0.25, 0.3) is 0 Å². The average Bonchev–Trinajstić information content (AvgIpc) is 2.90. The van der Waals surface area contributed by atoms with Crippen molar-refractivity contribution in [1.82, 2.24) is 5.32 Å². The highest BCUT2D eigenvalue weighted by atomic mass is 32.1. The number of carbonyl (C=O) groups excluding carboxylic acids is 1. The third kappa shape index (κ3) is 4.36. The van der Waals surface area contributed by atoms with Crippen molar-refractivity contribution >= 4 is 34.7 Å². The molecule has 4 rings (SSSR count). The number of nitrogens with one attached hydrogen (secondary N) is 2. The van der Waals surface area contributed by atoms with Crippen LogP contribution in [0.5, 0.6) is 0 Å². The molecule has 0 fully saturated rings. The van der Waals surface area contributed by atoms with Gasteiger partial charge in [0.2, 0.25) is 0 Å². The van der Waals surface area contributed by atoms with Crippen LogP contribution in [0.25, 0.3) is 0 Å². The van der Waals surface area contributed by atoms with E-state index in [4.69, 9.17) is 17.0 Å². The first kappa shape index (κ1) is 19.7. The molecule has 1 amide bonds. The van der Waals surface area contributed by atoms with E-state index in [1.54, 1.807) is 18.2 Å². The second-order valence-corrected chi connectivity index (χ2v) is 7.04. The van der Waals surface area contributed by atoms with Crippen LogP contribution >= 0.6 is 12.2 Å². The Hall–Kier alpha value is -3.58. The van der Waals surface area contributed by atoms with Crippen LogP contribution in [0.1, 0.15) is 16.7 Å². The van der Waals surface area contributed by atoms with E-state index in [1.165, 1.54) is 6.07 Å². The van der Waals surface area contributed by atoms with Gasteiger partial charge in [0.1, 0.15) is 17.4 Å². The van der Waals surface area contributed by atoms with Gasteiger partial charge in [-0.25, -0.2) is 9.18 Å². The van der Waals surface area contributed by atoms with Crippen LogP contribution in [0.4, 0.5) is 14.9 Å². The van der Waals surface area contributed by atoms with Crippen LogP contribution in [0.2, 0.25) is 0 Å². The molecule has 5 nitrogen and oxygen atoms in total. The van der Waals surface area contributed by atoms with Gasteiger partial charge in [-0.15, -0.1) is 0 Å². The lowest BCUT2D eigenvalue weighted by molar-refractivity contribution is 0.138. The number of ether oxygens (including phenoxy) is 1. The quantitative estimate of drug-likeness (QED) is 0.604. The van der Waals surface area contributed by atoms with Gasteiger partial charge in [-0.2, -0.15) is 0 Å². The largest absolute Gasteiger partial charge is 0.445 e. The van der Waals surface area contributed by atoms with Crippen molar-refractivity contribution in [3.8, 4) is 0 Å². The Morgan fingerprint density at radius 2 is 1.67 bits per heavy atom. The van der Waals surface area contributed by atoms with E-state index >= 15 is 0 Å². The maximum absolute atomic E-state index is 14.5. The summed E-state index contributed by atoms with van der Waals surface area (Å²) in [6.07, 6.45) is -1.58. The molecule has 0 saturated carbocycles. The van der Waals surface area contributed by atoms with Gasteiger partial charge in [-0.3, -0.25) is 10.3 Å². The second-order valence-electron chi connectivity index (χ2n) is 6.60. The fourth-order valence-electron chi connectivity index (χ4n) is 3.10. The van der Waals surface area contributed by atoms with Crippen LogP contribution in [0, 0.1) is 5.82 Å². The number of nitrogens with zero attached hydrogens (tertiary/aromatic N) is 1. The number of carbonyl (C=O) groups is 1. The molecule has 150 valence electrons. The number of halogens is 1. The molecular formula is C23H18FN3O2S. The molecule has 1 atom stereocenters. The van der Waals surface area contributed by atoms with Gasteiger partial charge < -0.3 is 10.1 Å². The molecule has 1 aliphatic heterocycles. The van der Waals surface area contributed by atoms with Crippen molar-refractivity contribution in [3.05, 3.63) is 101 Å². The standard InChI is InChI=1S/C23H18FN3O2S/c24-18-12-6-4-10-16(18)20-17-11-5-7-13-19(17)25-22(30)21(26-20)27-23(28)29-14-15-8-2-1-3-9-15/h1-13,21H,14H2,(H,25,30)(H,27,28). The van der Waals surface area contributed by atoms with Gasteiger partial charge in [0, 0.05) is 16.8 Å². The number of aliphatic imine (C=N–C) groups is 1. The maximum Gasteiger partial charge on any atom is 0.409 e. The number of benzodiazepines with no additional fused rings is 1.